The third-order valence-corrected chi connectivity index (χ3v) is 4.89. The number of nitrogens with zero attached hydrogens (tertiary/aromatic N) is 3. The minimum Gasteiger partial charge on any atom is -0.383 e. The van der Waals surface area contributed by atoms with E-state index in [0.717, 1.165) is 23.7 Å². The van der Waals surface area contributed by atoms with Gasteiger partial charge in [0.1, 0.15) is 17.2 Å². The first-order valence-electron chi connectivity index (χ1n) is 8.13. The lowest BCUT2D eigenvalue weighted by molar-refractivity contribution is 0.0926. The van der Waals surface area contributed by atoms with E-state index in [-0.39, 0.29) is 17.9 Å². The third kappa shape index (κ3) is 3.88. The monoisotopic (exact) mass is 363 g/mol. The Hall–Kier alpha value is -2.26. The van der Waals surface area contributed by atoms with Gasteiger partial charge in [0.2, 0.25) is 0 Å². The zero-order valence-corrected chi connectivity index (χ0v) is 15.1. The summed E-state index contributed by atoms with van der Waals surface area (Å²) < 4.78 is 6.87. The molecule has 0 spiro atoms. The minimum absolute atomic E-state index is 0.0179. The van der Waals surface area contributed by atoms with Gasteiger partial charge in [0.15, 0.2) is 0 Å². The molecule has 2 aromatic rings. The van der Waals surface area contributed by atoms with E-state index in [2.05, 4.69) is 20.6 Å². The number of thiazole rings is 1. The summed E-state index contributed by atoms with van der Waals surface area (Å²) in [6.45, 7) is 3.21. The summed E-state index contributed by atoms with van der Waals surface area (Å²) in [7, 11) is 1.59. The van der Waals surface area contributed by atoms with Crippen molar-refractivity contribution in [3.63, 3.8) is 0 Å². The third-order valence-electron chi connectivity index (χ3n) is 4.11. The SMILES string of the molecule is COCCNC(=O)c1cnc2n1C(CNC(=O)c1csc(C)n1)CC2. The molecule has 0 saturated carbocycles. The van der Waals surface area contributed by atoms with Gasteiger partial charge in [-0.2, -0.15) is 0 Å². The molecule has 1 atom stereocenters. The molecule has 8 nitrogen and oxygen atoms in total. The van der Waals surface area contributed by atoms with E-state index in [1.807, 2.05) is 11.5 Å². The number of hydrogen-bond donors (Lipinski definition) is 2. The van der Waals surface area contributed by atoms with Gasteiger partial charge in [-0.25, -0.2) is 9.97 Å². The van der Waals surface area contributed by atoms with Gasteiger partial charge in [0, 0.05) is 32.0 Å². The maximum Gasteiger partial charge on any atom is 0.270 e. The summed E-state index contributed by atoms with van der Waals surface area (Å²) in [5.41, 5.74) is 0.955. The molecule has 0 aromatic carbocycles. The Kier molecular flexibility index (Phi) is 5.44. The number of amides is 2. The smallest absolute Gasteiger partial charge is 0.270 e. The van der Waals surface area contributed by atoms with Crippen molar-refractivity contribution in [1.82, 2.24) is 25.2 Å². The Morgan fingerprint density at radius 2 is 2.24 bits per heavy atom. The predicted molar refractivity (Wildman–Crippen MR) is 93.0 cm³/mol. The molecule has 2 amide bonds. The van der Waals surface area contributed by atoms with E-state index in [0.29, 0.717) is 31.1 Å². The molecule has 0 fully saturated rings. The van der Waals surface area contributed by atoms with Crippen LogP contribution in [0.2, 0.25) is 0 Å². The second-order valence-electron chi connectivity index (χ2n) is 5.83. The number of imidazole rings is 1. The summed E-state index contributed by atoms with van der Waals surface area (Å²) in [6.07, 6.45) is 3.23. The van der Waals surface area contributed by atoms with Crippen LogP contribution < -0.4 is 10.6 Å². The number of methoxy groups -OCH3 is 1. The zero-order chi connectivity index (χ0) is 17.8. The van der Waals surface area contributed by atoms with Crippen molar-refractivity contribution >= 4 is 23.2 Å². The van der Waals surface area contributed by atoms with E-state index in [1.165, 1.54) is 11.3 Å². The van der Waals surface area contributed by atoms with Crippen molar-refractivity contribution in [2.75, 3.05) is 26.8 Å². The van der Waals surface area contributed by atoms with Crippen LogP contribution in [0.4, 0.5) is 0 Å². The molecule has 134 valence electrons. The highest BCUT2D eigenvalue weighted by Crippen LogP contribution is 2.26. The summed E-state index contributed by atoms with van der Waals surface area (Å²) in [5.74, 6) is 0.508. The average Bonchev–Trinajstić information content (AvgIpc) is 3.29. The molecular weight excluding hydrogens is 342 g/mol. The lowest BCUT2D eigenvalue weighted by atomic mass is 10.2. The number of aromatic nitrogens is 3. The lowest BCUT2D eigenvalue weighted by Gasteiger charge is -2.16. The van der Waals surface area contributed by atoms with Gasteiger partial charge in [-0.3, -0.25) is 9.59 Å². The number of nitrogens with one attached hydrogen (secondary N) is 2. The molecule has 1 unspecified atom stereocenters. The summed E-state index contributed by atoms with van der Waals surface area (Å²) in [5, 5.41) is 8.32. The Bertz CT molecular complexity index is 770. The fraction of sp³-hybridized carbons (Fsp3) is 0.500. The quantitative estimate of drug-likeness (QED) is 0.714. The maximum atomic E-state index is 12.3. The molecule has 1 aliphatic heterocycles. The van der Waals surface area contributed by atoms with Gasteiger partial charge < -0.3 is 19.9 Å². The number of hydrogen-bond acceptors (Lipinski definition) is 6. The topological polar surface area (TPSA) is 98.1 Å². The van der Waals surface area contributed by atoms with Crippen molar-refractivity contribution in [2.45, 2.75) is 25.8 Å². The molecule has 3 heterocycles. The summed E-state index contributed by atoms with van der Waals surface area (Å²) in [4.78, 5) is 33.0. The molecule has 0 bridgehead atoms. The Labute approximate surface area is 149 Å². The summed E-state index contributed by atoms with van der Waals surface area (Å²) >= 11 is 1.45. The highest BCUT2D eigenvalue weighted by Gasteiger charge is 2.28. The molecule has 9 heteroatoms. The van der Waals surface area contributed by atoms with Crippen LogP contribution in [-0.4, -0.2) is 53.2 Å². The van der Waals surface area contributed by atoms with Gasteiger partial charge in [0.05, 0.1) is 23.9 Å². The molecular formula is C16H21N5O3S. The van der Waals surface area contributed by atoms with E-state index >= 15 is 0 Å². The van der Waals surface area contributed by atoms with Gasteiger partial charge in [-0.15, -0.1) is 11.3 Å². The molecule has 3 rings (SSSR count). The number of ether oxygens (including phenoxy) is 1. The Morgan fingerprint density at radius 3 is 2.96 bits per heavy atom. The number of rotatable bonds is 7. The van der Waals surface area contributed by atoms with Crippen LogP contribution in [0.5, 0.6) is 0 Å². The van der Waals surface area contributed by atoms with E-state index in [4.69, 9.17) is 4.74 Å². The molecule has 1 aliphatic rings. The number of fused-ring (bicyclic) bond motifs is 1. The normalized spacial score (nSPS) is 15.8. The van der Waals surface area contributed by atoms with Crippen molar-refractivity contribution in [3.8, 4) is 0 Å². The van der Waals surface area contributed by atoms with Crippen LogP contribution in [0, 0.1) is 6.92 Å². The molecule has 2 aromatic heterocycles. The van der Waals surface area contributed by atoms with Gasteiger partial charge in [-0.05, 0) is 13.3 Å². The summed E-state index contributed by atoms with van der Waals surface area (Å²) in [6, 6.07) is 0.0179. The minimum atomic E-state index is -0.191. The number of carbonyl (C=O) groups excluding carboxylic acids is 2. The van der Waals surface area contributed by atoms with E-state index in [1.54, 1.807) is 18.7 Å². The van der Waals surface area contributed by atoms with Crippen LogP contribution in [0.3, 0.4) is 0 Å². The zero-order valence-electron chi connectivity index (χ0n) is 14.2. The second kappa shape index (κ2) is 7.75. The van der Waals surface area contributed by atoms with Crippen LogP contribution in [0.25, 0.3) is 0 Å². The first kappa shape index (κ1) is 17.6. The highest BCUT2D eigenvalue weighted by molar-refractivity contribution is 7.09. The van der Waals surface area contributed by atoms with Crippen molar-refractivity contribution < 1.29 is 14.3 Å². The van der Waals surface area contributed by atoms with E-state index in [9.17, 15) is 9.59 Å². The van der Waals surface area contributed by atoms with Crippen molar-refractivity contribution in [3.05, 3.63) is 33.8 Å². The van der Waals surface area contributed by atoms with Crippen molar-refractivity contribution in [1.29, 1.82) is 0 Å². The van der Waals surface area contributed by atoms with Crippen molar-refractivity contribution in [2.24, 2.45) is 0 Å². The number of aryl methyl sites for hydroxylation is 2. The standard InChI is InChI=1S/C16H21N5O3S/c1-10-20-12(9-25-10)15(22)19-7-11-3-4-14-18-8-13(21(11)14)16(23)17-5-6-24-2/h8-9,11H,3-7H2,1-2H3,(H,17,23)(H,19,22). The Morgan fingerprint density at radius 1 is 1.40 bits per heavy atom. The second-order valence-corrected chi connectivity index (χ2v) is 6.89. The first-order chi connectivity index (χ1) is 12.1. The molecule has 0 aliphatic carbocycles. The molecule has 0 saturated heterocycles. The number of carbonyl (C=O) groups is 2. The van der Waals surface area contributed by atoms with Crippen LogP contribution >= 0.6 is 11.3 Å². The van der Waals surface area contributed by atoms with Crippen LogP contribution in [0.15, 0.2) is 11.6 Å². The maximum absolute atomic E-state index is 12.3. The predicted octanol–water partition coefficient (Wildman–Crippen LogP) is 0.942. The van der Waals surface area contributed by atoms with Crippen LogP contribution in [0.1, 0.15) is 44.3 Å². The average molecular weight is 363 g/mol. The van der Waals surface area contributed by atoms with Crippen LogP contribution in [-0.2, 0) is 11.2 Å². The van der Waals surface area contributed by atoms with E-state index < -0.39 is 0 Å². The highest BCUT2D eigenvalue weighted by atomic mass is 32.1. The molecule has 2 N–H and O–H groups in total. The first-order valence-corrected chi connectivity index (χ1v) is 9.01. The Balaban J connectivity index is 1.64. The fourth-order valence-electron chi connectivity index (χ4n) is 2.90. The van der Waals surface area contributed by atoms with Gasteiger partial charge >= 0.3 is 0 Å². The molecule has 25 heavy (non-hydrogen) atoms. The lowest BCUT2D eigenvalue weighted by Crippen LogP contribution is -2.33. The fourth-order valence-corrected chi connectivity index (χ4v) is 3.50. The molecule has 0 radical (unpaired) electrons. The van der Waals surface area contributed by atoms with Gasteiger partial charge in [0.25, 0.3) is 11.8 Å². The van der Waals surface area contributed by atoms with Gasteiger partial charge in [-0.1, -0.05) is 0 Å². The largest absolute Gasteiger partial charge is 0.383 e.